The lowest BCUT2D eigenvalue weighted by Crippen LogP contribution is -2.07. The molecule has 0 aliphatic carbocycles. The number of rotatable bonds is 3. The molecular formula is C8H8N2O5S. The van der Waals surface area contributed by atoms with Gasteiger partial charge >= 0.3 is 0 Å². The maximum Gasteiger partial charge on any atom is 0.293 e. The molecule has 0 aliphatic rings. The van der Waals surface area contributed by atoms with Crippen molar-refractivity contribution >= 4 is 27.6 Å². The van der Waals surface area contributed by atoms with Crippen LogP contribution in [0.5, 0.6) is 0 Å². The maximum absolute atomic E-state index is 11.1. The fraction of sp³-hybridized carbons (Fsp3) is 0.125. The summed E-state index contributed by atoms with van der Waals surface area (Å²) in [6.45, 7) is 0. The molecule has 2 N–H and O–H groups in total. The first-order valence-electron chi connectivity index (χ1n) is 4.08. The van der Waals surface area contributed by atoms with Crippen molar-refractivity contribution in [2.75, 3.05) is 12.4 Å². The summed E-state index contributed by atoms with van der Waals surface area (Å²) < 4.78 is 19.1. The highest BCUT2D eigenvalue weighted by molar-refractivity contribution is 7.95. The van der Waals surface area contributed by atoms with E-state index in [9.17, 15) is 19.1 Å². The van der Waals surface area contributed by atoms with Gasteiger partial charge in [0.2, 0.25) is 11.1 Å². The van der Waals surface area contributed by atoms with E-state index in [0.29, 0.717) is 0 Å². The molecule has 7 nitrogen and oxygen atoms in total. The minimum absolute atomic E-state index is 0.175. The predicted molar refractivity (Wildman–Crippen MR) is 57.7 cm³/mol. The monoisotopic (exact) mass is 244 g/mol. The highest BCUT2D eigenvalue weighted by Gasteiger charge is 2.19. The van der Waals surface area contributed by atoms with Crippen molar-refractivity contribution in [3.8, 4) is 0 Å². The summed E-state index contributed by atoms with van der Waals surface area (Å²) in [4.78, 5) is 21.1. The molecule has 0 bridgehead atoms. The summed E-state index contributed by atoms with van der Waals surface area (Å²) in [6.07, 6.45) is 0. The Morgan fingerprint density at radius 2 is 2.19 bits per heavy atom. The second-order valence-corrected chi connectivity index (χ2v) is 3.64. The number of benzene rings is 1. The summed E-state index contributed by atoms with van der Waals surface area (Å²) in [5, 5.41) is 12.2. The van der Waals surface area contributed by atoms with Crippen molar-refractivity contribution in [1.29, 1.82) is 0 Å². The Bertz CT molecular complexity index is 473. The Morgan fingerprint density at radius 1 is 1.56 bits per heavy atom. The number of hydrogen-bond donors (Lipinski definition) is 2. The number of hydrogen-bond acceptors (Lipinski definition) is 5. The molecule has 0 radical (unpaired) electrons. The van der Waals surface area contributed by atoms with Gasteiger partial charge in [-0.05, 0) is 12.1 Å². The van der Waals surface area contributed by atoms with E-state index in [1.165, 1.54) is 19.2 Å². The van der Waals surface area contributed by atoms with Crippen molar-refractivity contribution in [3.05, 3.63) is 33.9 Å². The number of nitro benzene ring substituents is 1. The average Bonchev–Trinajstić information content (AvgIpc) is 2.26. The molecule has 1 rings (SSSR count). The molecule has 1 aromatic carbocycles. The van der Waals surface area contributed by atoms with Crippen molar-refractivity contribution < 1.29 is 18.5 Å². The smallest absolute Gasteiger partial charge is 0.293 e. The van der Waals surface area contributed by atoms with Crippen LogP contribution in [0.25, 0.3) is 0 Å². The third-order valence-corrected chi connectivity index (χ3v) is 2.41. The minimum atomic E-state index is -2.67. The van der Waals surface area contributed by atoms with Crippen LogP contribution in [-0.4, -0.2) is 25.8 Å². The van der Waals surface area contributed by atoms with Gasteiger partial charge in [-0.2, -0.15) is 0 Å². The van der Waals surface area contributed by atoms with Gasteiger partial charge in [0.25, 0.3) is 10.8 Å². The number of nitro groups is 1. The van der Waals surface area contributed by atoms with E-state index < -0.39 is 21.1 Å². The molecule has 0 saturated heterocycles. The van der Waals surface area contributed by atoms with Gasteiger partial charge in [0.05, 0.1) is 4.92 Å². The summed E-state index contributed by atoms with van der Waals surface area (Å²) >= 11 is -2.67. The summed E-state index contributed by atoms with van der Waals surface area (Å²) in [5.41, 5.74) is -0.268. The van der Waals surface area contributed by atoms with Crippen LogP contribution in [0.3, 0.4) is 0 Å². The average molecular weight is 244 g/mol. The molecule has 1 aromatic rings. The van der Waals surface area contributed by atoms with Gasteiger partial charge in [0, 0.05) is 18.7 Å². The molecule has 0 spiro atoms. The van der Waals surface area contributed by atoms with E-state index in [0.717, 1.165) is 6.07 Å². The zero-order valence-corrected chi connectivity index (χ0v) is 8.98. The molecule has 86 valence electrons. The first-order chi connectivity index (χ1) is 7.47. The number of carbonyl (C=O) groups is 1. The van der Waals surface area contributed by atoms with Crippen LogP contribution in [0.2, 0.25) is 0 Å². The van der Waals surface area contributed by atoms with Gasteiger partial charge in [-0.25, -0.2) is 4.21 Å². The Kier molecular flexibility index (Phi) is 3.69. The quantitative estimate of drug-likeness (QED) is 0.466. The molecule has 0 amide bonds. The lowest BCUT2D eigenvalue weighted by molar-refractivity contribution is -0.384. The lowest BCUT2D eigenvalue weighted by Gasteiger charge is -2.03. The summed E-state index contributed by atoms with van der Waals surface area (Å²) in [5.74, 6) is 0. The van der Waals surface area contributed by atoms with Crippen LogP contribution < -0.4 is 5.32 Å². The summed E-state index contributed by atoms with van der Waals surface area (Å²) in [7, 11) is 1.49. The van der Waals surface area contributed by atoms with E-state index >= 15 is 0 Å². The number of carbonyl (C=O) groups excluding carboxylic acids is 1. The fourth-order valence-electron chi connectivity index (χ4n) is 1.12. The standard InChI is InChI=1S/C8H8N2O5S/c1-9-6-3-2-5(8(11)16(14)15)4-7(6)10(12)13/h2-4,9H,1H3,(H,14,15). The summed E-state index contributed by atoms with van der Waals surface area (Å²) in [6, 6.07) is 3.51. The molecule has 8 heteroatoms. The highest BCUT2D eigenvalue weighted by Crippen LogP contribution is 2.25. The SMILES string of the molecule is CNc1ccc(C(=O)S(=O)O)cc1[N+](=O)[O-]. The van der Waals surface area contributed by atoms with Crippen molar-refractivity contribution in [1.82, 2.24) is 0 Å². The normalized spacial score (nSPS) is 11.9. The van der Waals surface area contributed by atoms with E-state index in [4.69, 9.17) is 4.55 Å². The second-order valence-electron chi connectivity index (χ2n) is 2.78. The first kappa shape index (κ1) is 12.3. The van der Waals surface area contributed by atoms with Crippen LogP contribution in [-0.2, 0) is 11.1 Å². The van der Waals surface area contributed by atoms with Crippen LogP contribution in [0.4, 0.5) is 11.4 Å². The van der Waals surface area contributed by atoms with Crippen molar-refractivity contribution in [2.24, 2.45) is 0 Å². The Labute approximate surface area is 92.9 Å². The largest absolute Gasteiger partial charge is 0.383 e. The topological polar surface area (TPSA) is 110 Å². The highest BCUT2D eigenvalue weighted by atomic mass is 32.2. The van der Waals surface area contributed by atoms with E-state index in [-0.39, 0.29) is 16.9 Å². The van der Waals surface area contributed by atoms with Gasteiger partial charge in [-0.3, -0.25) is 19.5 Å². The van der Waals surface area contributed by atoms with Crippen LogP contribution in [0, 0.1) is 10.1 Å². The molecule has 0 fully saturated rings. The molecule has 0 aromatic heterocycles. The lowest BCUT2D eigenvalue weighted by atomic mass is 10.2. The van der Waals surface area contributed by atoms with E-state index in [1.807, 2.05) is 0 Å². The predicted octanol–water partition coefficient (Wildman–Crippen LogP) is 0.998. The molecule has 0 heterocycles. The van der Waals surface area contributed by atoms with Crippen LogP contribution in [0.15, 0.2) is 18.2 Å². The van der Waals surface area contributed by atoms with Crippen molar-refractivity contribution in [3.63, 3.8) is 0 Å². The zero-order chi connectivity index (χ0) is 12.3. The van der Waals surface area contributed by atoms with E-state index in [2.05, 4.69) is 5.32 Å². The fourth-order valence-corrected chi connectivity index (χ4v) is 1.45. The molecular weight excluding hydrogens is 236 g/mol. The molecule has 16 heavy (non-hydrogen) atoms. The van der Waals surface area contributed by atoms with Gasteiger partial charge in [-0.1, -0.05) is 0 Å². The van der Waals surface area contributed by atoms with Gasteiger partial charge < -0.3 is 5.32 Å². The Hall–Kier alpha value is -1.80. The third kappa shape index (κ3) is 2.41. The van der Waals surface area contributed by atoms with Gasteiger partial charge in [0.15, 0.2) is 0 Å². The second kappa shape index (κ2) is 4.81. The first-order valence-corrected chi connectivity index (χ1v) is 5.19. The zero-order valence-electron chi connectivity index (χ0n) is 8.17. The van der Waals surface area contributed by atoms with Gasteiger partial charge in [-0.15, -0.1) is 0 Å². The van der Waals surface area contributed by atoms with Gasteiger partial charge in [0.1, 0.15) is 5.69 Å². The number of nitrogens with zero attached hydrogens (tertiary/aromatic N) is 1. The Balaban J connectivity index is 3.27. The van der Waals surface area contributed by atoms with E-state index in [1.54, 1.807) is 0 Å². The van der Waals surface area contributed by atoms with Crippen molar-refractivity contribution in [2.45, 2.75) is 0 Å². The molecule has 1 unspecified atom stereocenters. The number of nitrogens with one attached hydrogen (secondary N) is 1. The maximum atomic E-state index is 11.1. The Morgan fingerprint density at radius 3 is 2.62 bits per heavy atom. The third-order valence-electron chi connectivity index (χ3n) is 1.86. The van der Waals surface area contributed by atoms with Crippen LogP contribution in [0.1, 0.15) is 10.4 Å². The molecule has 0 aliphatic heterocycles. The molecule has 1 atom stereocenters. The minimum Gasteiger partial charge on any atom is -0.383 e. The molecule has 0 saturated carbocycles. The number of anilines is 1. The van der Waals surface area contributed by atoms with Crippen LogP contribution >= 0.6 is 0 Å².